The zero-order valence-electron chi connectivity index (χ0n) is 13.2. The van der Waals surface area contributed by atoms with Gasteiger partial charge in [0.1, 0.15) is 0 Å². The number of rotatable bonds is 3. The molecule has 1 aromatic heterocycles. The third kappa shape index (κ3) is 2.75. The van der Waals surface area contributed by atoms with Crippen LogP contribution in [-0.4, -0.2) is 36.1 Å². The van der Waals surface area contributed by atoms with Gasteiger partial charge in [0.15, 0.2) is 0 Å². The van der Waals surface area contributed by atoms with E-state index in [1.54, 1.807) is 0 Å². The number of nitrogens with zero attached hydrogens (tertiary/aromatic N) is 2. The first kappa shape index (κ1) is 14.2. The van der Waals surface area contributed by atoms with Crippen molar-refractivity contribution < 1.29 is 0 Å². The SMILES string of the molecule is c1ccc2nc([C@H](C3CCCC3)N3CCNCC3)ccc2c1. The van der Waals surface area contributed by atoms with Gasteiger partial charge in [-0.05, 0) is 30.9 Å². The number of aromatic nitrogens is 1. The molecule has 1 saturated carbocycles. The number of fused-ring (bicyclic) bond motifs is 1. The number of benzene rings is 1. The fourth-order valence-electron chi connectivity index (χ4n) is 4.21. The Labute approximate surface area is 132 Å². The largest absolute Gasteiger partial charge is 0.314 e. The van der Waals surface area contributed by atoms with Gasteiger partial charge in [0.05, 0.1) is 17.3 Å². The van der Waals surface area contributed by atoms with Gasteiger partial charge in [-0.15, -0.1) is 0 Å². The highest BCUT2D eigenvalue weighted by Gasteiger charge is 2.32. The molecule has 22 heavy (non-hydrogen) atoms. The van der Waals surface area contributed by atoms with E-state index in [0.717, 1.165) is 37.6 Å². The number of hydrogen-bond acceptors (Lipinski definition) is 3. The summed E-state index contributed by atoms with van der Waals surface area (Å²) in [7, 11) is 0. The van der Waals surface area contributed by atoms with Crippen molar-refractivity contribution in [1.29, 1.82) is 0 Å². The quantitative estimate of drug-likeness (QED) is 0.941. The summed E-state index contributed by atoms with van der Waals surface area (Å²) in [5, 5.41) is 4.73. The lowest BCUT2D eigenvalue weighted by Crippen LogP contribution is -2.46. The predicted octanol–water partition coefficient (Wildman–Crippen LogP) is 3.37. The standard InChI is InChI=1S/C19H25N3/c1-2-7-16(6-1)19(22-13-11-20-12-14-22)18-10-9-15-5-3-4-8-17(15)21-18/h3-5,8-10,16,19-20H,1-2,6-7,11-14H2/t19-/m0/s1. The molecule has 4 rings (SSSR count). The fourth-order valence-corrected chi connectivity index (χ4v) is 4.21. The minimum atomic E-state index is 0.509. The predicted molar refractivity (Wildman–Crippen MR) is 90.9 cm³/mol. The Morgan fingerprint density at radius 3 is 2.59 bits per heavy atom. The first-order chi connectivity index (χ1) is 10.9. The van der Waals surface area contributed by atoms with Crippen LogP contribution in [0, 0.1) is 5.92 Å². The van der Waals surface area contributed by atoms with Gasteiger partial charge >= 0.3 is 0 Å². The van der Waals surface area contributed by atoms with Gasteiger partial charge in [0.25, 0.3) is 0 Å². The lowest BCUT2D eigenvalue weighted by molar-refractivity contribution is 0.122. The average molecular weight is 295 g/mol. The second-order valence-corrected chi connectivity index (χ2v) is 6.70. The minimum Gasteiger partial charge on any atom is -0.314 e. The van der Waals surface area contributed by atoms with E-state index in [2.05, 4.69) is 46.6 Å². The van der Waals surface area contributed by atoms with Crippen LogP contribution < -0.4 is 5.32 Å². The Morgan fingerprint density at radius 2 is 1.77 bits per heavy atom. The molecule has 0 amide bonds. The van der Waals surface area contributed by atoms with E-state index in [4.69, 9.17) is 4.98 Å². The molecule has 0 radical (unpaired) electrons. The van der Waals surface area contributed by atoms with E-state index < -0.39 is 0 Å². The molecular weight excluding hydrogens is 270 g/mol. The van der Waals surface area contributed by atoms with Crippen LogP contribution >= 0.6 is 0 Å². The van der Waals surface area contributed by atoms with Crippen molar-refractivity contribution in [3.8, 4) is 0 Å². The monoisotopic (exact) mass is 295 g/mol. The second-order valence-electron chi connectivity index (χ2n) is 6.70. The zero-order chi connectivity index (χ0) is 14.8. The number of nitrogens with one attached hydrogen (secondary N) is 1. The molecule has 0 unspecified atom stereocenters. The van der Waals surface area contributed by atoms with Crippen LogP contribution in [0.5, 0.6) is 0 Å². The van der Waals surface area contributed by atoms with Crippen molar-refractivity contribution in [2.24, 2.45) is 5.92 Å². The van der Waals surface area contributed by atoms with E-state index in [0.29, 0.717) is 6.04 Å². The van der Waals surface area contributed by atoms with E-state index >= 15 is 0 Å². The maximum Gasteiger partial charge on any atom is 0.0706 e. The van der Waals surface area contributed by atoms with E-state index in [1.165, 1.54) is 36.8 Å². The molecular formula is C19H25N3. The van der Waals surface area contributed by atoms with E-state index in [9.17, 15) is 0 Å². The molecule has 0 bridgehead atoms. The molecule has 1 aromatic carbocycles. The molecule has 3 heteroatoms. The van der Waals surface area contributed by atoms with Gasteiger partial charge in [-0.1, -0.05) is 37.1 Å². The summed E-state index contributed by atoms with van der Waals surface area (Å²) in [5.41, 5.74) is 2.42. The van der Waals surface area contributed by atoms with Crippen LogP contribution in [0.2, 0.25) is 0 Å². The lowest BCUT2D eigenvalue weighted by Gasteiger charge is -2.38. The molecule has 0 spiro atoms. The van der Waals surface area contributed by atoms with Crippen LogP contribution in [0.3, 0.4) is 0 Å². The molecule has 1 atom stereocenters. The number of pyridine rings is 1. The summed E-state index contributed by atoms with van der Waals surface area (Å²) < 4.78 is 0. The highest BCUT2D eigenvalue weighted by Crippen LogP contribution is 2.39. The molecule has 2 aliphatic rings. The lowest BCUT2D eigenvalue weighted by atomic mass is 9.92. The van der Waals surface area contributed by atoms with Gasteiger partial charge in [0, 0.05) is 31.6 Å². The number of hydrogen-bond donors (Lipinski definition) is 1. The summed E-state index contributed by atoms with van der Waals surface area (Å²) in [6.07, 6.45) is 5.51. The fraction of sp³-hybridized carbons (Fsp3) is 0.526. The van der Waals surface area contributed by atoms with Crippen molar-refractivity contribution >= 4 is 10.9 Å². The molecule has 1 N–H and O–H groups in total. The van der Waals surface area contributed by atoms with Gasteiger partial charge in [0.2, 0.25) is 0 Å². The minimum absolute atomic E-state index is 0.509. The van der Waals surface area contributed by atoms with Crippen molar-refractivity contribution in [3.05, 3.63) is 42.1 Å². The second kappa shape index (κ2) is 6.35. The smallest absolute Gasteiger partial charge is 0.0706 e. The third-order valence-corrected chi connectivity index (χ3v) is 5.31. The maximum absolute atomic E-state index is 5.03. The highest BCUT2D eigenvalue weighted by molar-refractivity contribution is 5.78. The molecule has 3 nitrogen and oxygen atoms in total. The third-order valence-electron chi connectivity index (χ3n) is 5.31. The van der Waals surface area contributed by atoms with Crippen LogP contribution in [0.15, 0.2) is 36.4 Å². The summed E-state index contributed by atoms with van der Waals surface area (Å²) in [4.78, 5) is 7.70. The van der Waals surface area contributed by atoms with Crippen LogP contribution in [0.1, 0.15) is 37.4 Å². The molecule has 1 saturated heterocycles. The van der Waals surface area contributed by atoms with E-state index in [1.807, 2.05) is 0 Å². The summed E-state index contributed by atoms with van der Waals surface area (Å²) in [5.74, 6) is 0.784. The van der Waals surface area contributed by atoms with Crippen LogP contribution in [0.4, 0.5) is 0 Å². The summed E-state index contributed by atoms with van der Waals surface area (Å²) in [6.45, 7) is 4.51. The zero-order valence-corrected chi connectivity index (χ0v) is 13.2. The highest BCUT2D eigenvalue weighted by atomic mass is 15.2. The average Bonchev–Trinajstić information content (AvgIpc) is 3.10. The maximum atomic E-state index is 5.03. The Bertz CT molecular complexity index is 627. The number of para-hydroxylation sites is 1. The Balaban J connectivity index is 1.70. The first-order valence-corrected chi connectivity index (χ1v) is 8.72. The van der Waals surface area contributed by atoms with Crippen molar-refractivity contribution in [2.45, 2.75) is 31.7 Å². The normalized spacial score (nSPS) is 22.2. The summed E-state index contributed by atoms with van der Waals surface area (Å²) in [6, 6.07) is 13.5. The molecule has 1 aliphatic carbocycles. The van der Waals surface area contributed by atoms with E-state index in [-0.39, 0.29) is 0 Å². The Morgan fingerprint density at radius 1 is 1.00 bits per heavy atom. The van der Waals surface area contributed by atoms with Crippen LogP contribution in [0.25, 0.3) is 10.9 Å². The molecule has 2 heterocycles. The van der Waals surface area contributed by atoms with Gasteiger partial charge in [-0.3, -0.25) is 9.88 Å². The summed E-state index contributed by atoms with van der Waals surface area (Å²) >= 11 is 0. The topological polar surface area (TPSA) is 28.2 Å². The first-order valence-electron chi connectivity index (χ1n) is 8.72. The molecule has 116 valence electrons. The molecule has 1 aliphatic heterocycles. The van der Waals surface area contributed by atoms with Gasteiger partial charge in [-0.2, -0.15) is 0 Å². The number of piperazine rings is 1. The molecule has 2 fully saturated rings. The van der Waals surface area contributed by atoms with Crippen LogP contribution in [-0.2, 0) is 0 Å². The Hall–Kier alpha value is -1.45. The van der Waals surface area contributed by atoms with Gasteiger partial charge in [-0.25, -0.2) is 0 Å². The van der Waals surface area contributed by atoms with Gasteiger partial charge < -0.3 is 5.32 Å². The Kier molecular flexibility index (Phi) is 4.09. The molecule has 2 aromatic rings. The van der Waals surface area contributed by atoms with Crippen molar-refractivity contribution in [1.82, 2.24) is 15.2 Å². The van der Waals surface area contributed by atoms with Crippen molar-refractivity contribution in [2.75, 3.05) is 26.2 Å². The van der Waals surface area contributed by atoms with Crippen molar-refractivity contribution in [3.63, 3.8) is 0 Å².